The molecule has 0 aliphatic heterocycles. The number of carbonyl (C=O) groups is 2. The monoisotopic (exact) mass is 366 g/mol. The summed E-state index contributed by atoms with van der Waals surface area (Å²) in [6.45, 7) is 6.54. The highest BCUT2D eigenvalue weighted by molar-refractivity contribution is 6.08. The molecule has 0 unspecified atom stereocenters. The van der Waals surface area contributed by atoms with Crippen LogP contribution in [-0.4, -0.2) is 21.6 Å². The predicted octanol–water partition coefficient (Wildman–Crippen LogP) is 3.30. The molecule has 0 atom stereocenters. The van der Waals surface area contributed by atoms with Gasteiger partial charge in [0.05, 0.1) is 18.5 Å². The Labute approximate surface area is 157 Å². The molecule has 2 aromatic heterocycles. The number of anilines is 1. The van der Waals surface area contributed by atoms with Crippen molar-refractivity contribution in [2.75, 3.05) is 5.32 Å². The van der Waals surface area contributed by atoms with Crippen molar-refractivity contribution in [2.45, 2.75) is 33.9 Å². The van der Waals surface area contributed by atoms with Crippen LogP contribution in [0.2, 0.25) is 0 Å². The lowest BCUT2D eigenvalue weighted by atomic mass is 10.1. The van der Waals surface area contributed by atoms with E-state index in [4.69, 9.17) is 4.42 Å². The molecule has 140 valence electrons. The molecule has 3 rings (SSSR count). The molecule has 0 fully saturated rings. The highest BCUT2D eigenvalue weighted by Crippen LogP contribution is 2.18. The van der Waals surface area contributed by atoms with Crippen LogP contribution in [0.5, 0.6) is 0 Å². The molecule has 27 heavy (non-hydrogen) atoms. The van der Waals surface area contributed by atoms with Crippen molar-refractivity contribution in [3.05, 3.63) is 70.9 Å². The first-order valence-corrected chi connectivity index (χ1v) is 8.74. The fourth-order valence-electron chi connectivity index (χ4n) is 2.68. The number of furan rings is 1. The molecule has 3 aromatic rings. The van der Waals surface area contributed by atoms with E-state index in [0.29, 0.717) is 23.6 Å². The SMILES string of the molecule is CCn1cc(NC(=O)c2cc(C)ccc2C)c(C(=O)NCc2ccco2)n1. The largest absolute Gasteiger partial charge is 0.467 e. The number of nitrogens with zero attached hydrogens (tertiary/aromatic N) is 2. The van der Waals surface area contributed by atoms with E-state index in [1.54, 1.807) is 29.3 Å². The minimum atomic E-state index is -0.380. The van der Waals surface area contributed by atoms with Crippen LogP contribution in [0.4, 0.5) is 5.69 Å². The van der Waals surface area contributed by atoms with Gasteiger partial charge in [-0.1, -0.05) is 17.7 Å². The molecule has 0 bridgehead atoms. The summed E-state index contributed by atoms with van der Waals surface area (Å²) in [5, 5.41) is 9.84. The first-order chi connectivity index (χ1) is 13.0. The number of rotatable bonds is 6. The molecule has 2 heterocycles. The van der Waals surface area contributed by atoms with Gasteiger partial charge in [0.2, 0.25) is 0 Å². The summed E-state index contributed by atoms with van der Waals surface area (Å²) in [6.07, 6.45) is 3.20. The van der Waals surface area contributed by atoms with E-state index in [9.17, 15) is 9.59 Å². The molecule has 0 saturated heterocycles. The maximum atomic E-state index is 12.7. The average molecular weight is 366 g/mol. The van der Waals surface area contributed by atoms with Crippen LogP contribution >= 0.6 is 0 Å². The molecule has 0 aliphatic carbocycles. The van der Waals surface area contributed by atoms with E-state index in [-0.39, 0.29) is 24.1 Å². The molecule has 1 aromatic carbocycles. The van der Waals surface area contributed by atoms with E-state index in [0.717, 1.165) is 11.1 Å². The summed E-state index contributed by atoms with van der Waals surface area (Å²) in [7, 11) is 0. The third kappa shape index (κ3) is 4.25. The van der Waals surface area contributed by atoms with Crippen molar-refractivity contribution < 1.29 is 14.0 Å². The second-order valence-electron chi connectivity index (χ2n) is 6.28. The molecule has 2 N–H and O–H groups in total. The van der Waals surface area contributed by atoms with Gasteiger partial charge in [-0.2, -0.15) is 5.10 Å². The van der Waals surface area contributed by atoms with E-state index in [1.807, 2.05) is 39.0 Å². The van der Waals surface area contributed by atoms with Crippen molar-refractivity contribution in [1.29, 1.82) is 0 Å². The Morgan fingerprint density at radius 1 is 1.19 bits per heavy atom. The summed E-state index contributed by atoms with van der Waals surface area (Å²) in [5.41, 5.74) is 2.97. The van der Waals surface area contributed by atoms with E-state index in [1.165, 1.54) is 0 Å². The highest BCUT2D eigenvalue weighted by atomic mass is 16.3. The van der Waals surface area contributed by atoms with Crippen LogP contribution in [0.25, 0.3) is 0 Å². The predicted molar refractivity (Wildman–Crippen MR) is 102 cm³/mol. The molecular weight excluding hydrogens is 344 g/mol. The summed E-state index contributed by atoms with van der Waals surface area (Å²) < 4.78 is 6.82. The van der Waals surface area contributed by atoms with Crippen LogP contribution in [0.1, 0.15) is 44.7 Å². The van der Waals surface area contributed by atoms with Gasteiger partial charge in [0.15, 0.2) is 5.69 Å². The molecule has 2 amide bonds. The maximum Gasteiger partial charge on any atom is 0.274 e. The number of aryl methyl sites for hydroxylation is 3. The van der Waals surface area contributed by atoms with Gasteiger partial charge >= 0.3 is 0 Å². The smallest absolute Gasteiger partial charge is 0.274 e. The van der Waals surface area contributed by atoms with Crippen LogP contribution in [-0.2, 0) is 13.1 Å². The van der Waals surface area contributed by atoms with Gasteiger partial charge in [0.25, 0.3) is 11.8 Å². The lowest BCUT2D eigenvalue weighted by Crippen LogP contribution is -2.25. The highest BCUT2D eigenvalue weighted by Gasteiger charge is 2.20. The van der Waals surface area contributed by atoms with Crippen molar-refractivity contribution in [2.24, 2.45) is 0 Å². The van der Waals surface area contributed by atoms with Crippen LogP contribution in [0.15, 0.2) is 47.2 Å². The molecule has 0 saturated carbocycles. The van der Waals surface area contributed by atoms with Gasteiger partial charge in [-0.25, -0.2) is 0 Å². The standard InChI is InChI=1S/C20H22N4O3/c1-4-24-12-17(22-19(25)16-10-13(2)7-8-14(16)3)18(23-24)20(26)21-11-15-6-5-9-27-15/h5-10,12H,4,11H2,1-3H3,(H,21,26)(H,22,25). The molecule has 7 heteroatoms. The number of nitrogens with one attached hydrogen (secondary N) is 2. The summed E-state index contributed by atoms with van der Waals surface area (Å²) in [6, 6.07) is 9.20. The summed E-state index contributed by atoms with van der Waals surface area (Å²) in [5.74, 6) is -0.0129. The zero-order valence-electron chi connectivity index (χ0n) is 15.6. The van der Waals surface area contributed by atoms with Gasteiger partial charge in [0.1, 0.15) is 5.76 Å². The Morgan fingerprint density at radius 3 is 2.70 bits per heavy atom. The van der Waals surface area contributed by atoms with Gasteiger partial charge in [-0.3, -0.25) is 14.3 Å². The second kappa shape index (κ2) is 7.90. The van der Waals surface area contributed by atoms with Gasteiger partial charge in [-0.15, -0.1) is 0 Å². The fourth-order valence-corrected chi connectivity index (χ4v) is 2.68. The Bertz CT molecular complexity index is 958. The number of benzene rings is 1. The lowest BCUT2D eigenvalue weighted by Gasteiger charge is -2.08. The number of carbonyl (C=O) groups excluding carboxylic acids is 2. The maximum absolute atomic E-state index is 12.7. The quantitative estimate of drug-likeness (QED) is 0.700. The number of hydrogen-bond donors (Lipinski definition) is 2. The van der Waals surface area contributed by atoms with E-state index < -0.39 is 0 Å². The third-order valence-corrected chi connectivity index (χ3v) is 4.19. The van der Waals surface area contributed by atoms with Crippen molar-refractivity contribution in [3.8, 4) is 0 Å². The molecule has 0 aliphatic rings. The van der Waals surface area contributed by atoms with E-state index >= 15 is 0 Å². The number of aromatic nitrogens is 2. The first kappa shape index (κ1) is 18.4. The Morgan fingerprint density at radius 2 is 2.00 bits per heavy atom. The van der Waals surface area contributed by atoms with Gasteiger partial charge in [0, 0.05) is 18.3 Å². The zero-order valence-corrected chi connectivity index (χ0v) is 15.6. The summed E-state index contributed by atoms with van der Waals surface area (Å²) >= 11 is 0. The normalized spacial score (nSPS) is 10.6. The average Bonchev–Trinajstić information content (AvgIpc) is 3.31. The Hall–Kier alpha value is -3.35. The molecule has 7 nitrogen and oxygen atoms in total. The van der Waals surface area contributed by atoms with Crippen LogP contribution in [0.3, 0.4) is 0 Å². The Kier molecular flexibility index (Phi) is 5.40. The Balaban J connectivity index is 1.80. The number of hydrogen-bond acceptors (Lipinski definition) is 4. The first-order valence-electron chi connectivity index (χ1n) is 8.74. The third-order valence-electron chi connectivity index (χ3n) is 4.19. The molecule has 0 spiro atoms. The van der Waals surface area contributed by atoms with Crippen LogP contribution < -0.4 is 10.6 Å². The van der Waals surface area contributed by atoms with Crippen molar-refractivity contribution >= 4 is 17.5 Å². The summed E-state index contributed by atoms with van der Waals surface area (Å²) in [4.78, 5) is 25.3. The fraction of sp³-hybridized carbons (Fsp3) is 0.250. The minimum Gasteiger partial charge on any atom is -0.467 e. The molecule has 0 radical (unpaired) electrons. The van der Waals surface area contributed by atoms with Gasteiger partial charge in [-0.05, 0) is 44.5 Å². The van der Waals surface area contributed by atoms with Gasteiger partial charge < -0.3 is 15.1 Å². The number of amides is 2. The van der Waals surface area contributed by atoms with Crippen molar-refractivity contribution in [1.82, 2.24) is 15.1 Å². The minimum absolute atomic E-state index is 0.169. The van der Waals surface area contributed by atoms with Crippen molar-refractivity contribution in [3.63, 3.8) is 0 Å². The zero-order chi connectivity index (χ0) is 19.4. The molecular formula is C20H22N4O3. The topological polar surface area (TPSA) is 89.2 Å². The van der Waals surface area contributed by atoms with Crippen LogP contribution in [0, 0.1) is 13.8 Å². The lowest BCUT2D eigenvalue weighted by molar-refractivity contribution is 0.0943. The second-order valence-corrected chi connectivity index (χ2v) is 6.28. The van der Waals surface area contributed by atoms with E-state index in [2.05, 4.69) is 15.7 Å².